The normalized spacial score (nSPS) is 12.4. The summed E-state index contributed by atoms with van der Waals surface area (Å²) in [5.41, 5.74) is 0. The van der Waals surface area contributed by atoms with E-state index in [-0.39, 0.29) is 6.10 Å². The highest BCUT2D eigenvalue weighted by molar-refractivity contribution is 5.20. The standard InChI is InChI=1S/C14H22O3/c1-13(15)7-5-6-10-16-11-12-17-14-8-3-2-4-9-14/h2-4,8-9,13,15H,5-7,10-12H2,1H3. The maximum Gasteiger partial charge on any atom is 0.119 e. The molecule has 1 aromatic rings. The van der Waals surface area contributed by atoms with E-state index in [1.165, 1.54) is 0 Å². The van der Waals surface area contributed by atoms with Crippen molar-refractivity contribution in [3.05, 3.63) is 30.3 Å². The fraction of sp³-hybridized carbons (Fsp3) is 0.571. The van der Waals surface area contributed by atoms with E-state index in [1.54, 1.807) is 0 Å². The zero-order valence-electron chi connectivity index (χ0n) is 10.5. The van der Waals surface area contributed by atoms with E-state index in [0.29, 0.717) is 13.2 Å². The molecular weight excluding hydrogens is 216 g/mol. The van der Waals surface area contributed by atoms with Crippen LogP contribution >= 0.6 is 0 Å². The minimum absolute atomic E-state index is 0.198. The number of unbranched alkanes of at least 4 members (excludes halogenated alkanes) is 1. The molecule has 0 saturated carbocycles. The first-order valence-corrected chi connectivity index (χ1v) is 6.22. The van der Waals surface area contributed by atoms with Crippen LogP contribution in [0.2, 0.25) is 0 Å². The molecule has 1 aromatic carbocycles. The third-order valence-corrected chi connectivity index (χ3v) is 2.40. The Balaban J connectivity index is 1.88. The second-order valence-corrected chi connectivity index (χ2v) is 4.12. The van der Waals surface area contributed by atoms with Crippen molar-refractivity contribution in [1.82, 2.24) is 0 Å². The van der Waals surface area contributed by atoms with Crippen LogP contribution in [-0.2, 0) is 4.74 Å². The molecule has 0 amide bonds. The molecule has 0 radical (unpaired) electrons. The molecule has 3 nitrogen and oxygen atoms in total. The van der Waals surface area contributed by atoms with Gasteiger partial charge in [-0.15, -0.1) is 0 Å². The van der Waals surface area contributed by atoms with Gasteiger partial charge in [0, 0.05) is 6.61 Å². The largest absolute Gasteiger partial charge is 0.491 e. The van der Waals surface area contributed by atoms with Crippen LogP contribution in [-0.4, -0.2) is 31.0 Å². The van der Waals surface area contributed by atoms with E-state index >= 15 is 0 Å². The molecule has 0 spiro atoms. The lowest BCUT2D eigenvalue weighted by atomic mass is 10.2. The summed E-state index contributed by atoms with van der Waals surface area (Å²) < 4.78 is 10.9. The number of hydrogen-bond acceptors (Lipinski definition) is 3. The summed E-state index contributed by atoms with van der Waals surface area (Å²) in [6.07, 6.45) is 2.66. The Bertz CT molecular complexity index is 272. The zero-order chi connectivity index (χ0) is 12.3. The van der Waals surface area contributed by atoms with Crippen molar-refractivity contribution in [2.45, 2.75) is 32.3 Å². The molecule has 1 rings (SSSR count). The van der Waals surface area contributed by atoms with Crippen LogP contribution in [0.25, 0.3) is 0 Å². The molecule has 0 aliphatic rings. The van der Waals surface area contributed by atoms with Crippen molar-refractivity contribution >= 4 is 0 Å². The first-order valence-electron chi connectivity index (χ1n) is 6.22. The molecule has 0 aliphatic carbocycles. The third-order valence-electron chi connectivity index (χ3n) is 2.40. The van der Waals surface area contributed by atoms with Crippen molar-refractivity contribution < 1.29 is 14.6 Å². The van der Waals surface area contributed by atoms with Crippen molar-refractivity contribution in [1.29, 1.82) is 0 Å². The molecule has 0 bridgehead atoms. The number of aliphatic hydroxyl groups excluding tert-OH is 1. The first-order chi connectivity index (χ1) is 8.29. The highest BCUT2D eigenvalue weighted by Gasteiger charge is 1.96. The monoisotopic (exact) mass is 238 g/mol. The Morgan fingerprint density at radius 3 is 2.53 bits per heavy atom. The average molecular weight is 238 g/mol. The number of aliphatic hydroxyl groups is 1. The van der Waals surface area contributed by atoms with E-state index in [0.717, 1.165) is 31.6 Å². The predicted molar refractivity (Wildman–Crippen MR) is 68.3 cm³/mol. The van der Waals surface area contributed by atoms with Gasteiger partial charge in [0.25, 0.3) is 0 Å². The van der Waals surface area contributed by atoms with Crippen LogP contribution in [0.5, 0.6) is 5.75 Å². The SMILES string of the molecule is CC(O)CCCCOCCOc1ccccc1. The number of hydrogen-bond donors (Lipinski definition) is 1. The lowest BCUT2D eigenvalue weighted by Gasteiger charge is -2.07. The van der Waals surface area contributed by atoms with Crippen molar-refractivity contribution in [2.75, 3.05) is 19.8 Å². The number of rotatable bonds is 9. The van der Waals surface area contributed by atoms with Gasteiger partial charge in [-0.05, 0) is 38.3 Å². The summed E-state index contributed by atoms with van der Waals surface area (Å²) in [4.78, 5) is 0. The fourth-order valence-corrected chi connectivity index (χ4v) is 1.48. The quantitative estimate of drug-likeness (QED) is 0.672. The number of ether oxygens (including phenoxy) is 2. The van der Waals surface area contributed by atoms with Gasteiger partial charge in [-0.1, -0.05) is 18.2 Å². The Kier molecular flexibility index (Phi) is 7.43. The van der Waals surface area contributed by atoms with Gasteiger partial charge in [-0.3, -0.25) is 0 Å². The maximum absolute atomic E-state index is 9.06. The van der Waals surface area contributed by atoms with Crippen LogP contribution in [0.3, 0.4) is 0 Å². The maximum atomic E-state index is 9.06. The summed E-state index contributed by atoms with van der Waals surface area (Å²) in [7, 11) is 0. The molecule has 0 fully saturated rings. The summed E-state index contributed by atoms with van der Waals surface area (Å²) in [5, 5.41) is 9.06. The molecule has 96 valence electrons. The van der Waals surface area contributed by atoms with Gasteiger partial charge >= 0.3 is 0 Å². The van der Waals surface area contributed by atoms with E-state index in [4.69, 9.17) is 14.6 Å². The fourth-order valence-electron chi connectivity index (χ4n) is 1.48. The van der Waals surface area contributed by atoms with Gasteiger partial charge in [-0.25, -0.2) is 0 Å². The molecule has 0 aliphatic heterocycles. The second kappa shape index (κ2) is 9.02. The van der Waals surface area contributed by atoms with Crippen LogP contribution < -0.4 is 4.74 Å². The smallest absolute Gasteiger partial charge is 0.119 e. The van der Waals surface area contributed by atoms with Gasteiger partial charge in [0.1, 0.15) is 12.4 Å². The van der Waals surface area contributed by atoms with Gasteiger partial charge in [0.05, 0.1) is 12.7 Å². The Morgan fingerprint density at radius 2 is 1.82 bits per heavy atom. The average Bonchev–Trinajstić information content (AvgIpc) is 2.33. The molecule has 0 saturated heterocycles. The number of benzene rings is 1. The zero-order valence-corrected chi connectivity index (χ0v) is 10.5. The molecule has 1 unspecified atom stereocenters. The molecular formula is C14H22O3. The van der Waals surface area contributed by atoms with Gasteiger partial charge in [0.2, 0.25) is 0 Å². The van der Waals surface area contributed by atoms with Gasteiger partial charge in [0.15, 0.2) is 0 Å². The van der Waals surface area contributed by atoms with E-state index in [2.05, 4.69) is 0 Å². The third kappa shape index (κ3) is 7.77. The van der Waals surface area contributed by atoms with Crippen LogP contribution in [0, 0.1) is 0 Å². The Hall–Kier alpha value is -1.06. The minimum Gasteiger partial charge on any atom is -0.491 e. The van der Waals surface area contributed by atoms with Crippen LogP contribution in [0.1, 0.15) is 26.2 Å². The minimum atomic E-state index is -0.198. The molecule has 1 atom stereocenters. The Morgan fingerprint density at radius 1 is 1.06 bits per heavy atom. The van der Waals surface area contributed by atoms with E-state index in [1.807, 2.05) is 37.3 Å². The predicted octanol–water partition coefficient (Wildman–Crippen LogP) is 2.63. The molecule has 3 heteroatoms. The molecule has 0 aromatic heterocycles. The summed E-state index contributed by atoms with van der Waals surface area (Å²) in [6.45, 7) is 3.75. The van der Waals surface area contributed by atoms with Gasteiger partial charge < -0.3 is 14.6 Å². The molecule has 17 heavy (non-hydrogen) atoms. The number of para-hydroxylation sites is 1. The van der Waals surface area contributed by atoms with Crippen LogP contribution in [0.4, 0.5) is 0 Å². The van der Waals surface area contributed by atoms with Crippen LogP contribution in [0.15, 0.2) is 30.3 Å². The van der Waals surface area contributed by atoms with E-state index < -0.39 is 0 Å². The molecule has 1 N–H and O–H groups in total. The lowest BCUT2D eigenvalue weighted by Crippen LogP contribution is -2.08. The highest BCUT2D eigenvalue weighted by atomic mass is 16.5. The molecule has 0 heterocycles. The van der Waals surface area contributed by atoms with Crippen molar-refractivity contribution in [3.63, 3.8) is 0 Å². The van der Waals surface area contributed by atoms with Gasteiger partial charge in [-0.2, -0.15) is 0 Å². The van der Waals surface area contributed by atoms with E-state index in [9.17, 15) is 0 Å². The highest BCUT2D eigenvalue weighted by Crippen LogP contribution is 2.07. The Labute approximate surface area is 103 Å². The topological polar surface area (TPSA) is 38.7 Å². The summed E-state index contributed by atoms with van der Waals surface area (Å²) in [5.74, 6) is 0.880. The second-order valence-electron chi connectivity index (χ2n) is 4.12. The first kappa shape index (κ1) is 14.0. The summed E-state index contributed by atoms with van der Waals surface area (Å²) >= 11 is 0. The van der Waals surface area contributed by atoms with Crippen molar-refractivity contribution in [2.24, 2.45) is 0 Å². The van der Waals surface area contributed by atoms with Crippen molar-refractivity contribution in [3.8, 4) is 5.75 Å². The lowest BCUT2D eigenvalue weighted by molar-refractivity contribution is 0.0940. The summed E-state index contributed by atoms with van der Waals surface area (Å²) in [6, 6.07) is 9.73.